The molecule has 0 aliphatic carbocycles. The monoisotopic (exact) mass is 447 g/mol. The van der Waals surface area contributed by atoms with Crippen LogP contribution in [0.15, 0.2) is 48.7 Å². The summed E-state index contributed by atoms with van der Waals surface area (Å²) in [5.41, 5.74) is 5.12. The standard InChI is InChI=1S/C25H26ClN5O/c1-5-17-10-11-22-21(12-17)23(29-24(28-22)18-8-7-9-20(26)13-18)25(32)30(4)15-19-14-27-31(6-2)16(19)3/h7-14H,5-6,15H2,1-4H3. The molecule has 0 spiro atoms. The smallest absolute Gasteiger partial charge is 0.273 e. The largest absolute Gasteiger partial charge is 0.336 e. The first-order valence-corrected chi connectivity index (χ1v) is 11.1. The van der Waals surface area contributed by atoms with Gasteiger partial charge in [-0.25, -0.2) is 9.97 Å². The molecular formula is C25H26ClN5O. The number of aryl methyl sites for hydroxylation is 2. The number of carbonyl (C=O) groups is 1. The van der Waals surface area contributed by atoms with Crippen molar-refractivity contribution in [3.8, 4) is 11.4 Å². The summed E-state index contributed by atoms with van der Waals surface area (Å²) in [5, 5.41) is 5.75. The first-order valence-electron chi connectivity index (χ1n) is 10.7. The Morgan fingerprint density at radius 2 is 1.94 bits per heavy atom. The lowest BCUT2D eigenvalue weighted by Crippen LogP contribution is -2.28. The Bertz CT molecular complexity index is 1300. The van der Waals surface area contributed by atoms with Crippen molar-refractivity contribution in [1.82, 2.24) is 24.6 Å². The predicted octanol–water partition coefficient (Wildman–Crippen LogP) is 5.31. The van der Waals surface area contributed by atoms with Gasteiger partial charge in [0.2, 0.25) is 0 Å². The summed E-state index contributed by atoms with van der Waals surface area (Å²) in [6.45, 7) is 7.41. The van der Waals surface area contributed by atoms with Gasteiger partial charge in [0.1, 0.15) is 5.69 Å². The maximum Gasteiger partial charge on any atom is 0.273 e. The van der Waals surface area contributed by atoms with Gasteiger partial charge in [-0.1, -0.05) is 36.7 Å². The summed E-state index contributed by atoms with van der Waals surface area (Å²) < 4.78 is 1.93. The quantitative estimate of drug-likeness (QED) is 0.401. The highest BCUT2D eigenvalue weighted by Gasteiger charge is 2.21. The summed E-state index contributed by atoms with van der Waals surface area (Å²) in [6, 6.07) is 13.4. The SMILES string of the molecule is CCc1ccc2nc(-c3cccc(Cl)c3)nc(C(=O)N(C)Cc3cnn(CC)c3C)c2c1. The molecule has 2 heterocycles. The molecule has 0 atom stereocenters. The van der Waals surface area contributed by atoms with E-state index in [-0.39, 0.29) is 5.91 Å². The van der Waals surface area contributed by atoms with Crippen LogP contribution in [0.2, 0.25) is 5.02 Å². The molecule has 1 amide bonds. The van der Waals surface area contributed by atoms with E-state index >= 15 is 0 Å². The summed E-state index contributed by atoms with van der Waals surface area (Å²) >= 11 is 6.19. The van der Waals surface area contributed by atoms with E-state index in [1.165, 1.54) is 0 Å². The van der Waals surface area contributed by atoms with Crippen LogP contribution in [0.4, 0.5) is 0 Å². The highest BCUT2D eigenvalue weighted by Crippen LogP contribution is 2.26. The maximum atomic E-state index is 13.6. The number of benzene rings is 2. The lowest BCUT2D eigenvalue weighted by molar-refractivity contribution is 0.0781. The maximum absolute atomic E-state index is 13.6. The van der Waals surface area contributed by atoms with Crippen LogP contribution in [0.25, 0.3) is 22.3 Å². The molecule has 2 aromatic heterocycles. The molecule has 32 heavy (non-hydrogen) atoms. The van der Waals surface area contributed by atoms with Gasteiger partial charge in [-0.05, 0) is 50.1 Å². The van der Waals surface area contributed by atoms with Crippen molar-refractivity contribution in [1.29, 1.82) is 0 Å². The Labute approximate surface area is 192 Å². The van der Waals surface area contributed by atoms with Gasteiger partial charge in [-0.2, -0.15) is 5.10 Å². The zero-order valence-electron chi connectivity index (χ0n) is 18.8. The third kappa shape index (κ3) is 4.23. The van der Waals surface area contributed by atoms with Crippen molar-refractivity contribution in [3.05, 3.63) is 76.2 Å². The molecule has 0 fully saturated rings. The Morgan fingerprint density at radius 1 is 1.12 bits per heavy atom. The van der Waals surface area contributed by atoms with Gasteiger partial charge in [0.15, 0.2) is 5.82 Å². The molecule has 0 saturated carbocycles. The third-order valence-electron chi connectivity index (χ3n) is 5.71. The number of amides is 1. The molecule has 7 heteroatoms. The third-order valence-corrected chi connectivity index (χ3v) is 5.95. The van der Waals surface area contributed by atoms with Gasteiger partial charge >= 0.3 is 0 Å². The average molecular weight is 448 g/mol. The van der Waals surface area contributed by atoms with Gasteiger partial charge < -0.3 is 4.90 Å². The average Bonchev–Trinajstić information content (AvgIpc) is 3.16. The highest BCUT2D eigenvalue weighted by molar-refractivity contribution is 6.30. The Kier molecular flexibility index (Phi) is 6.24. The summed E-state index contributed by atoms with van der Waals surface area (Å²) in [6.07, 6.45) is 2.69. The Hall–Kier alpha value is -3.25. The van der Waals surface area contributed by atoms with Gasteiger partial charge in [-0.3, -0.25) is 9.48 Å². The van der Waals surface area contributed by atoms with Gasteiger partial charge in [0.25, 0.3) is 5.91 Å². The van der Waals surface area contributed by atoms with Crippen molar-refractivity contribution in [2.45, 2.75) is 40.3 Å². The minimum Gasteiger partial charge on any atom is -0.336 e. The number of rotatable bonds is 6. The van der Waals surface area contributed by atoms with E-state index in [1.54, 1.807) is 18.0 Å². The highest BCUT2D eigenvalue weighted by atomic mass is 35.5. The van der Waals surface area contributed by atoms with Crippen molar-refractivity contribution in [3.63, 3.8) is 0 Å². The molecule has 4 rings (SSSR count). The number of aromatic nitrogens is 4. The van der Waals surface area contributed by atoms with E-state index in [1.807, 2.05) is 61.1 Å². The summed E-state index contributed by atoms with van der Waals surface area (Å²) in [4.78, 5) is 24.7. The molecule has 0 radical (unpaired) electrons. The van der Waals surface area contributed by atoms with E-state index in [0.29, 0.717) is 23.1 Å². The first kappa shape index (κ1) is 22.0. The van der Waals surface area contributed by atoms with E-state index in [0.717, 1.165) is 46.3 Å². The molecule has 0 saturated heterocycles. The number of hydrogen-bond donors (Lipinski definition) is 0. The van der Waals surface area contributed by atoms with Crippen LogP contribution in [0, 0.1) is 6.92 Å². The Morgan fingerprint density at radius 3 is 2.62 bits per heavy atom. The first-order chi connectivity index (χ1) is 15.4. The fourth-order valence-electron chi connectivity index (χ4n) is 3.78. The van der Waals surface area contributed by atoms with Crippen LogP contribution in [0.5, 0.6) is 0 Å². The molecule has 0 unspecified atom stereocenters. The molecule has 164 valence electrons. The van der Waals surface area contributed by atoms with E-state index < -0.39 is 0 Å². The zero-order valence-corrected chi connectivity index (χ0v) is 19.5. The van der Waals surface area contributed by atoms with Crippen LogP contribution < -0.4 is 0 Å². The lowest BCUT2D eigenvalue weighted by atomic mass is 10.1. The van der Waals surface area contributed by atoms with E-state index in [4.69, 9.17) is 21.6 Å². The minimum atomic E-state index is -0.155. The number of halogens is 1. The van der Waals surface area contributed by atoms with Crippen LogP contribution in [0.1, 0.15) is 41.2 Å². The van der Waals surface area contributed by atoms with Gasteiger partial charge in [0, 0.05) is 47.4 Å². The van der Waals surface area contributed by atoms with Crippen molar-refractivity contribution < 1.29 is 4.79 Å². The van der Waals surface area contributed by atoms with E-state index in [2.05, 4.69) is 12.0 Å². The van der Waals surface area contributed by atoms with Crippen molar-refractivity contribution in [2.75, 3.05) is 7.05 Å². The van der Waals surface area contributed by atoms with Crippen molar-refractivity contribution >= 4 is 28.4 Å². The minimum absolute atomic E-state index is 0.155. The van der Waals surface area contributed by atoms with Gasteiger partial charge in [-0.15, -0.1) is 0 Å². The Balaban J connectivity index is 1.79. The number of carbonyl (C=O) groups excluding carboxylic acids is 1. The number of fused-ring (bicyclic) bond motifs is 1. The van der Waals surface area contributed by atoms with E-state index in [9.17, 15) is 4.79 Å². The lowest BCUT2D eigenvalue weighted by Gasteiger charge is -2.18. The molecule has 0 N–H and O–H groups in total. The van der Waals surface area contributed by atoms with Crippen LogP contribution in [-0.4, -0.2) is 37.6 Å². The fourth-order valence-corrected chi connectivity index (χ4v) is 3.97. The van der Waals surface area contributed by atoms with Crippen molar-refractivity contribution in [2.24, 2.45) is 0 Å². The molecule has 0 bridgehead atoms. The molecular weight excluding hydrogens is 422 g/mol. The second-order valence-electron chi connectivity index (χ2n) is 7.84. The second-order valence-corrected chi connectivity index (χ2v) is 8.28. The molecule has 2 aromatic carbocycles. The molecule has 0 aliphatic heterocycles. The van der Waals surface area contributed by atoms with Gasteiger partial charge in [0.05, 0.1) is 11.7 Å². The normalized spacial score (nSPS) is 11.2. The topological polar surface area (TPSA) is 63.9 Å². The molecule has 6 nitrogen and oxygen atoms in total. The predicted molar refractivity (Wildman–Crippen MR) is 128 cm³/mol. The second kappa shape index (κ2) is 9.09. The number of hydrogen-bond acceptors (Lipinski definition) is 4. The summed E-state index contributed by atoms with van der Waals surface area (Å²) in [7, 11) is 1.79. The molecule has 0 aliphatic rings. The van der Waals surface area contributed by atoms with Crippen LogP contribution in [0.3, 0.4) is 0 Å². The van der Waals surface area contributed by atoms with Crippen LogP contribution >= 0.6 is 11.6 Å². The number of nitrogens with zero attached hydrogens (tertiary/aromatic N) is 5. The summed E-state index contributed by atoms with van der Waals surface area (Å²) in [5.74, 6) is 0.327. The zero-order chi connectivity index (χ0) is 22.8. The molecule has 4 aromatic rings. The fraction of sp³-hybridized carbons (Fsp3) is 0.280. The van der Waals surface area contributed by atoms with Crippen LogP contribution in [-0.2, 0) is 19.5 Å².